The van der Waals surface area contributed by atoms with Crippen LogP contribution in [0.25, 0.3) is 10.9 Å². The number of fused-ring (bicyclic) bond motifs is 1. The second-order valence-electron chi connectivity index (χ2n) is 6.90. The maximum Gasteiger partial charge on any atom is 0.253 e. The smallest absolute Gasteiger partial charge is 0.253 e. The van der Waals surface area contributed by atoms with Gasteiger partial charge in [0.25, 0.3) is 5.56 Å². The molecule has 0 bridgehead atoms. The van der Waals surface area contributed by atoms with E-state index in [9.17, 15) is 9.59 Å². The van der Waals surface area contributed by atoms with Crippen molar-refractivity contribution >= 4 is 28.4 Å². The summed E-state index contributed by atoms with van der Waals surface area (Å²) in [5.74, 6) is 0.00470. The summed E-state index contributed by atoms with van der Waals surface area (Å²) in [5.41, 5.74) is 4.45. The molecule has 0 atom stereocenters. The number of aromatic nitrogens is 1. The zero-order valence-electron chi connectivity index (χ0n) is 15.8. The van der Waals surface area contributed by atoms with Gasteiger partial charge in [0, 0.05) is 34.5 Å². The van der Waals surface area contributed by atoms with Gasteiger partial charge in [0.1, 0.15) is 0 Å². The lowest BCUT2D eigenvalue weighted by Crippen LogP contribution is -2.32. The first-order valence-electron chi connectivity index (χ1n) is 9.02. The number of benzene rings is 2. The van der Waals surface area contributed by atoms with Gasteiger partial charge >= 0.3 is 0 Å². The van der Waals surface area contributed by atoms with Gasteiger partial charge in [-0.05, 0) is 54.8 Å². The van der Waals surface area contributed by atoms with Crippen LogP contribution >= 0.6 is 11.6 Å². The van der Waals surface area contributed by atoms with Crippen LogP contribution in [0.2, 0.25) is 5.02 Å². The average Bonchev–Trinajstić information content (AvgIpc) is 2.63. The summed E-state index contributed by atoms with van der Waals surface area (Å²) in [6.07, 6.45) is 0.386. The fourth-order valence-corrected chi connectivity index (χ4v) is 3.43. The maximum atomic E-state index is 12.6. The Balaban J connectivity index is 1.95. The third-order valence-electron chi connectivity index (χ3n) is 4.69. The molecule has 0 aliphatic carbocycles. The van der Waals surface area contributed by atoms with Crippen LogP contribution in [-0.2, 0) is 17.9 Å². The summed E-state index contributed by atoms with van der Waals surface area (Å²) in [6.45, 7) is 6.57. The van der Waals surface area contributed by atoms with Crippen LogP contribution < -0.4 is 5.56 Å². The molecule has 1 amide bonds. The molecule has 4 nitrogen and oxygen atoms in total. The van der Waals surface area contributed by atoms with E-state index in [-0.39, 0.29) is 18.0 Å². The van der Waals surface area contributed by atoms with Gasteiger partial charge in [-0.2, -0.15) is 0 Å². The van der Waals surface area contributed by atoms with Crippen LogP contribution in [0.15, 0.2) is 47.3 Å². The Morgan fingerprint density at radius 3 is 2.44 bits per heavy atom. The highest BCUT2D eigenvalue weighted by molar-refractivity contribution is 6.30. The standard InChI is InChI=1S/C22H23ClN2O2/c1-4-21(26)25(12-16-5-7-18(23)8-6-16)13-17-11-19-15(3)9-14(2)10-20(19)24-22(17)27/h5-11H,4,12-13H2,1-3H3,(H,24,27). The van der Waals surface area contributed by atoms with Crippen LogP contribution in [0.5, 0.6) is 0 Å². The molecular formula is C22H23ClN2O2. The van der Waals surface area contributed by atoms with Crippen molar-refractivity contribution in [3.8, 4) is 0 Å². The van der Waals surface area contributed by atoms with Gasteiger partial charge in [0.05, 0.1) is 6.54 Å². The summed E-state index contributed by atoms with van der Waals surface area (Å²) in [6, 6.07) is 13.4. The monoisotopic (exact) mass is 382 g/mol. The Morgan fingerprint density at radius 2 is 1.78 bits per heavy atom. The molecule has 0 saturated carbocycles. The van der Waals surface area contributed by atoms with Gasteiger partial charge in [-0.1, -0.05) is 36.7 Å². The molecule has 140 valence electrons. The van der Waals surface area contributed by atoms with Crippen LogP contribution in [0.3, 0.4) is 0 Å². The predicted molar refractivity (Wildman–Crippen MR) is 110 cm³/mol. The Labute approximate surface area is 163 Å². The summed E-state index contributed by atoms with van der Waals surface area (Å²) in [7, 11) is 0. The van der Waals surface area contributed by atoms with Gasteiger partial charge in [-0.3, -0.25) is 9.59 Å². The lowest BCUT2D eigenvalue weighted by Gasteiger charge is -2.22. The van der Waals surface area contributed by atoms with Gasteiger partial charge in [-0.15, -0.1) is 0 Å². The minimum absolute atomic E-state index is 0.00470. The number of H-pyrrole nitrogens is 1. The molecule has 0 aliphatic heterocycles. The second-order valence-corrected chi connectivity index (χ2v) is 7.33. The van der Waals surface area contributed by atoms with Crippen molar-refractivity contribution in [2.75, 3.05) is 0 Å². The number of nitrogens with zero attached hydrogens (tertiary/aromatic N) is 1. The molecule has 1 N–H and O–H groups in total. The molecule has 5 heteroatoms. The normalized spacial score (nSPS) is 11.0. The van der Waals surface area contributed by atoms with Crippen molar-refractivity contribution in [3.63, 3.8) is 0 Å². The molecule has 0 saturated heterocycles. The van der Waals surface area contributed by atoms with E-state index in [0.29, 0.717) is 23.6 Å². The summed E-state index contributed by atoms with van der Waals surface area (Å²) in [5, 5.41) is 1.66. The number of amides is 1. The number of aryl methyl sites for hydroxylation is 2. The largest absolute Gasteiger partial charge is 0.334 e. The third-order valence-corrected chi connectivity index (χ3v) is 4.94. The zero-order chi connectivity index (χ0) is 19.6. The molecule has 27 heavy (non-hydrogen) atoms. The van der Waals surface area contributed by atoms with Gasteiger partial charge < -0.3 is 9.88 Å². The molecule has 0 unspecified atom stereocenters. The molecule has 1 heterocycles. The van der Waals surface area contributed by atoms with E-state index in [0.717, 1.165) is 27.6 Å². The number of nitrogens with one attached hydrogen (secondary N) is 1. The first-order chi connectivity index (χ1) is 12.9. The topological polar surface area (TPSA) is 53.2 Å². The molecule has 0 spiro atoms. The highest BCUT2D eigenvalue weighted by Gasteiger charge is 2.16. The van der Waals surface area contributed by atoms with E-state index in [1.807, 2.05) is 45.0 Å². The van der Waals surface area contributed by atoms with E-state index < -0.39 is 0 Å². The van der Waals surface area contributed by atoms with E-state index in [1.54, 1.807) is 17.0 Å². The minimum Gasteiger partial charge on any atom is -0.334 e. The number of rotatable bonds is 5. The minimum atomic E-state index is -0.155. The first-order valence-corrected chi connectivity index (χ1v) is 9.40. The lowest BCUT2D eigenvalue weighted by molar-refractivity contribution is -0.132. The summed E-state index contributed by atoms with van der Waals surface area (Å²) in [4.78, 5) is 29.7. The molecule has 2 aromatic carbocycles. The average molecular weight is 383 g/mol. The van der Waals surface area contributed by atoms with Crippen LogP contribution in [0, 0.1) is 13.8 Å². The fraction of sp³-hybridized carbons (Fsp3) is 0.273. The van der Waals surface area contributed by atoms with Gasteiger partial charge in [-0.25, -0.2) is 0 Å². The first kappa shape index (κ1) is 19.2. The van der Waals surface area contributed by atoms with Crippen molar-refractivity contribution in [3.05, 3.63) is 80.1 Å². The van der Waals surface area contributed by atoms with Crippen molar-refractivity contribution in [1.29, 1.82) is 0 Å². The van der Waals surface area contributed by atoms with E-state index in [2.05, 4.69) is 11.1 Å². The lowest BCUT2D eigenvalue weighted by atomic mass is 10.0. The zero-order valence-corrected chi connectivity index (χ0v) is 16.6. The molecule has 0 radical (unpaired) electrons. The number of aromatic amines is 1. The maximum absolute atomic E-state index is 12.6. The quantitative estimate of drug-likeness (QED) is 0.693. The molecule has 3 rings (SSSR count). The van der Waals surface area contributed by atoms with Crippen molar-refractivity contribution in [2.24, 2.45) is 0 Å². The third kappa shape index (κ3) is 4.40. The highest BCUT2D eigenvalue weighted by Crippen LogP contribution is 2.20. The number of hydrogen-bond donors (Lipinski definition) is 1. The molecule has 3 aromatic rings. The second kappa shape index (κ2) is 7.97. The molecule has 0 fully saturated rings. The Morgan fingerprint density at radius 1 is 1.07 bits per heavy atom. The molecule has 0 aliphatic rings. The van der Waals surface area contributed by atoms with Crippen molar-refractivity contribution < 1.29 is 4.79 Å². The van der Waals surface area contributed by atoms with E-state index in [4.69, 9.17) is 11.6 Å². The van der Waals surface area contributed by atoms with Crippen molar-refractivity contribution in [2.45, 2.75) is 40.3 Å². The Hall–Kier alpha value is -2.59. The Bertz CT molecular complexity index is 1040. The number of pyridine rings is 1. The van der Waals surface area contributed by atoms with Gasteiger partial charge in [0.2, 0.25) is 5.91 Å². The summed E-state index contributed by atoms with van der Waals surface area (Å²) < 4.78 is 0. The van der Waals surface area contributed by atoms with E-state index >= 15 is 0 Å². The van der Waals surface area contributed by atoms with Crippen LogP contribution in [-0.4, -0.2) is 15.8 Å². The number of hydrogen-bond acceptors (Lipinski definition) is 2. The number of carbonyl (C=O) groups is 1. The highest BCUT2D eigenvalue weighted by atomic mass is 35.5. The summed E-state index contributed by atoms with van der Waals surface area (Å²) >= 11 is 5.94. The van der Waals surface area contributed by atoms with Crippen LogP contribution in [0.1, 0.15) is 35.6 Å². The molecule has 1 aromatic heterocycles. The Kier molecular flexibility index (Phi) is 5.66. The van der Waals surface area contributed by atoms with Crippen molar-refractivity contribution in [1.82, 2.24) is 9.88 Å². The predicted octanol–water partition coefficient (Wildman–Crippen LogP) is 4.74. The SMILES string of the molecule is CCC(=O)N(Cc1ccc(Cl)cc1)Cc1cc2c(C)cc(C)cc2[nH]c1=O. The fourth-order valence-electron chi connectivity index (χ4n) is 3.31. The van der Waals surface area contributed by atoms with Crippen LogP contribution in [0.4, 0.5) is 0 Å². The van der Waals surface area contributed by atoms with Gasteiger partial charge in [0.15, 0.2) is 0 Å². The number of halogens is 1. The number of carbonyl (C=O) groups excluding carboxylic acids is 1. The molecular weight excluding hydrogens is 360 g/mol. The van der Waals surface area contributed by atoms with E-state index in [1.165, 1.54) is 0 Å².